The van der Waals surface area contributed by atoms with Crippen molar-refractivity contribution in [3.05, 3.63) is 29.8 Å². The van der Waals surface area contributed by atoms with Crippen molar-refractivity contribution in [2.45, 2.75) is 49.7 Å². The lowest BCUT2D eigenvalue weighted by Gasteiger charge is -2.28. The van der Waals surface area contributed by atoms with E-state index in [9.17, 15) is 0 Å². The zero-order valence-electron chi connectivity index (χ0n) is 9.70. The van der Waals surface area contributed by atoms with Crippen molar-refractivity contribution in [1.29, 1.82) is 0 Å². The molecular weight excluding hydrogens is 200 g/mol. The molecule has 1 heteroatoms. The van der Waals surface area contributed by atoms with Gasteiger partial charge in [0, 0.05) is 10.1 Å². The number of rotatable bonds is 2. The first kappa shape index (κ1) is 11.1. The fourth-order valence-corrected chi connectivity index (χ4v) is 3.70. The molecule has 2 atom stereocenters. The fourth-order valence-electron chi connectivity index (χ4n) is 2.31. The van der Waals surface area contributed by atoms with Crippen LogP contribution in [0.2, 0.25) is 0 Å². The molecule has 0 radical (unpaired) electrons. The minimum Gasteiger partial charge on any atom is -0.122 e. The third-order valence-corrected chi connectivity index (χ3v) is 5.12. The van der Waals surface area contributed by atoms with Gasteiger partial charge < -0.3 is 0 Å². The molecule has 82 valence electrons. The van der Waals surface area contributed by atoms with Crippen LogP contribution in [0, 0.1) is 12.8 Å². The highest BCUT2D eigenvalue weighted by atomic mass is 32.2. The summed E-state index contributed by atoms with van der Waals surface area (Å²) in [6.07, 6.45) is 5.68. The van der Waals surface area contributed by atoms with Crippen molar-refractivity contribution in [3.8, 4) is 0 Å². The van der Waals surface area contributed by atoms with Gasteiger partial charge in [-0.15, -0.1) is 11.8 Å². The molecule has 0 spiro atoms. The second-order valence-electron chi connectivity index (χ2n) is 4.68. The number of aryl methyl sites for hydroxylation is 1. The fraction of sp³-hybridized carbons (Fsp3) is 0.571. The van der Waals surface area contributed by atoms with Crippen LogP contribution in [0.15, 0.2) is 29.2 Å². The Labute approximate surface area is 97.5 Å². The van der Waals surface area contributed by atoms with E-state index in [0.29, 0.717) is 0 Å². The van der Waals surface area contributed by atoms with E-state index in [2.05, 4.69) is 49.9 Å². The van der Waals surface area contributed by atoms with E-state index in [1.165, 1.54) is 36.1 Å². The lowest BCUT2D eigenvalue weighted by molar-refractivity contribution is 0.397. The average Bonchev–Trinajstić information content (AvgIpc) is 2.24. The standard InChI is InChI=1S/C14H20S/c1-11-7-3-5-9-13(11)15-14-10-6-4-8-12(14)2/h3,5,7,9,12,14H,4,6,8,10H2,1-2H3. The minimum absolute atomic E-state index is 0.847. The highest BCUT2D eigenvalue weighted by molar-refractivity contribution is 8.00. The molecule has 15 heavy (non-hydrogen) atoms. The number of hydrogen-bond donors (Lipinski definition) is 0. The van der Waals surface area contributed by atoms with Crippen LogP contribution in [0.4, 0.5) is 0 Å². The SMILES string of the molecule is Cc1ccccc1SC1CCCCC1C. The Kier molecular flexibility index (Phi) is 3.74. The van der Waals surface area contributed by atoms with Gasteiger partial charge in [-0.05, 0) is 37.3 Å². The van der Waals surface area contributed by atoms with Gasteiger partial charge in [0.05, 0.1) is 0 Å². The lowest BCUT2D eigenvalue weighted by atomic mass is 9.90. The van der Waals surface area contributed by atoms with Crippen LogP contribution >= 0.6 is 11.8 Å². The molecule has 2 unspecified atom stereocenters. The molecule has 0 nitrogen and oxygen atoms in total. The van der Waals surface area contributed by atoms with Gasteiger partial charge in [-0.1, -0.05) is 38.0 Å². The Bertz CT molecular complexity index is 319. The van der Waals surface area contributed by atoms with Crippen molar-refractivity contribution in [2.24, 2.45) is 5.92 Å². The van der Waals surface area contributed by atoms with Gasteiger partial charge >= 0.3 is 0 Å². The molecule has 1 aromatic rings. The Morgan fingerprint density at radius 1 is 1.13 bits per heavy atom. The third kappa shape index (κ3) is 2.78. The monoisotopic (exact) mass is 220 g/mol. The van der Waals surface area contributed by atoms with Crippen LogP contribution in [-0.4, -0.2) is 5.25 Å². The molecule has 0 heterocycles. The van der Waals surface area contributed by atoms with Crippen LogP contribution in [0.3, 0.4) is 0 Å². The molecule has 0 amide bonds. The van der Waals surface area contributed by atoms with Crippen LogP contribution < -0.4 is 0 Å². The predicted octanol–water partition coefficient (Wildman–Crippen LogP) is 4.67. The normalized spacial score (nSPS) is 26.5. The van der Waals surface area contributed by atoms with Crippen molar-refractivity contribution in [3.63, 3.8) is 0 Å². The van der Waals surface area contributed by atoms with E-state index in [0.717, 1.165) is 11.2 Å². The highest BCUT2D eigenvalue weighted by Crippen LogP contribution is 2.38. The summed E-state index contributed by atoms with van der Waals surface area (Å²) < 4.78 is 0. The summed E-state index contributed by atoms with van der Waals surface area (Å²) >= 11 is 2.10. The first-order valence-corrected chi connectivity index (χ1v) is 6.87. The Balaban J connectivity index is 2.04. The zero-order valence-corrected chi connectivity index (χ0v) is 10.5. The van der Waals surface area contributed by atoms with Crippen LogP contribution in [0.5, 0.6) is 0 Å². The molecule has 1 aliphatic rings. The first-order chi connectivity index (χ1) is 7.27. The van der Waals surface area contributed by atoms with Gasteiger partial charge in [0.1, 0.15) is 0 Å². The summed E-state index contributed by atoms with van der Waals surface area (Å²) in [7, 11) is 0. The molecule has 0 saturated heterocycles. The van der Waals surface area contributed by atoms with E-state index >= 15 is 0 Å². The average molecular weight is 220 g/mol. The molecule has 0 aromatic heterocycles. The van der Waals surface area contributed by atoms with E-state index in [1.54, 1.807) is 0 Å². The number of thioether (sulfide) groups is 1. The van der Waals surface area contributed by atoms with Gasteiger partial charge in [0.25, 0.3) is 0 Å². The molecule has 1 aromatic carbocycles. The summed E-state index contributed by atoms with van der Waals surface area (Å²) in [6, 6.07) is 8.77. The molecular formula is C14H20S. The number of benzene rings is 1. The summed E-state index contributed by atoms with van der Waals surface area (Å²) in [5.41, 5.74) is 1.43. The van der Waals surface area contributed by atoms with E-state index < -0.39 is 0 Å². The van der Waals surface area contributed by atoms with Crippen LogP contribution in [0.25, 0.3) is 0 Å². The van der Waals surface area contributed by atoms with E-state index in [-0.39, 0.29) is 0 Å². The topological polar surface area (TPSA) is 0 Å². The summed E-state index contributed by atoms with van der Waals surface area (Å²) in [6.45, 7) is 4.63. The quantitative estimate of drug-likeness (QED) is 0.698. The highest BCUT2D eigenvalue weighted by Gasteiger charge is 2.22. The second-order valence-corrected chi connectivity index (χ2v) is 5.96. The molecule has 1 saturated carbocycles. The molecule has 0 bridgehead atoms. The Hall–Kier alpha value is -0.430. The molecule has 1 aliphatic carbocycles. The Morgan fingerprint density at radius 3 is 2.60 bits per heavy atom. The molecule has 2 rings (SSSR count). The van der Waals surface area contributed by atoms with Gasteiger partial charge in [-0.2, -0.15) is 0 Å². The summed E-state index contributed by atoms with van der Waals surface area (Å²) in [5.74, 6) is 0.892. The third-order valence-electron chi connectivity index (χ3n) is 3.40. The predicted molar refractivity (Wildman–Crippen MR) is 68.5 cm³/mol. The van der Waals surface area contributed by atoms with Crippen LogP contribution in [0.1, 0.15) is 38.2 Å². The Morgan fingerprint density at radius 2 is 1.87 bits per heavy atom. The summed E-state index contributed by atoms with van der Waals surface area (Å²) in [4.78, 5) is 1.48. The smallest absolute Gasteiger partial charge is 0.0120 e. The van der Waals surface area contributed by atoms with E-state index in [4.69, 9.17) is 0 Å². The molecule has 0 N–H and O–H groups in total. The van der Waals surface area contributed by atoms with Gasteiger partial charge in [0.2, 0.25) is 0 Å². The molecule has 0 aliphatic heterocycles. The van der Waals surface area contributed by atoms with Gasteiger partial charge in [-0.3, -0.25) is 0 Å². The zero-order chi connectivity index (χ0) is 10.7. The molecule has 1 fully saturated rings. The summed E-state index contributed by atoms with van der Waals surface area (Å²) in [5, 5.41) is 0.847. The largest absolute Gasteiger partial charge is 0.122 e. The van der Waals surface area contributed by atoms with Gasteiger partial charge in [0.15, 0.2) is 0 Å². The maximum atomic E-state index is 2.41. The second kappa shape index (κ2) is 5.07. The first-order valence-electron chi connectivity index (χ1n) is 5.99. The lowest BCUT2D eigenvalue weighted by Crippen LogP contribution is -2.18. The number of hydrogen-bond acceptors (Lipinski definition) is 1. The van der Waals surface area contributed by atoms with Crippen molar-refractivity contribution >= 4 is 11.8 Å². The van der Waals surface area contributed by atoms with E-state index in [1.807, 2.05) is 0 Å². The van der Waals surface area contributed by atoms with Crippen molar-refractivity contribution in [1.82, 2.24) is 0 Å². The maximum absolute atomic E-state index is 2.41. The van der Waals surface area contributed by atoms with Crippen molar-refractivity contribution < 1.29 is 0 Å². The van der Waals surface area contributed by atoms with Crippen molar-refractivity contribution in [2.75, 3.05) is 0 Å². The van der Waals surface area contributed by atoms with Gasteiger partial charge in [-0.25, -0.2) is 0 Å². The minimum atomic E-state index is 0.847. The van der Waals surface area contributed by atoms with Crippen LogP contribution in [-0.2, 0) is 0 Å². The maximum Gasteiger partial charge on any atom is 0.0120 e.